The quantitative estimate of drug-likeness (QED) is 0.885. The van der Waals surface area contributed by atoms with Gasteiger partial charge in [-0.3, -0.25) is 0 Å². The van der Waals surface area contributed by atoms with Gasteiger partial charge in [0.2, 0.25) is 0 Å². The number of ether oxygens (including phenoxy) is 1. The molecule has 1 aliphatic rings. The molecule has 0 bridgehead atoms. The van der Waals surface area contributed by atoms with Crippen LogP contribution in [0.3, 0.4) is 0 Å². The van der Waals surface area contributed by atoms with E-state index < -0.39 is 0 Å². The van der Waals surface area contributed by atoms with E-state index in [-0.39, 0.29) is 0 Å². The molecule has 3 rings (SSSR count). The van der Waals surface area contributed by atoms with Crippen molar-refractivity contribution in [2.45, 2.75) is 19.4 Å². The molecule has 1 saturated heterocycles. The molecular weight excluding hydrogens is 222 g/mol. The highest BCUT2D eigenvalue weighted by Gasteiger charge is 2.22. The number of hydrogen-bond acceptors (Lipinski definition) is 2. The number of nitrogens with one attached hydrogen (secondary N) is 1. The van der Waals surface area contributed by atoms with Crippen LogP contribution in [-0.4, -0.2) is 19.3 Å². The van der Waals surface area contributed by atoms with Crippen molar-refractivity contribution in [2.75, 3.05) is 18.5 Å². The highest BCUT2D eigenvalue weighted by atomic mass is 16.5. The molecule has 0 saturated carbocycles. The number of anilines is 1. The summed E-state index contributed by atoms with van der Waals surface area (Å²) < 4.78 is 5.46. The van der Waals surface area contributed by atoms with Crippen LogP contribution in [0.25, 0.3) is 10.8 Å². The van der Waals surface area contributed by atoms with Crippen molar-refractivity contribution in [3.63, 3.8) is 0 Å². The molecule has 0 radical (unpaired) electrons. The lowest BCUT2D eigenvalue weighted by atomic mass is 9.99. The van der Waals surface area contributed by atoms with Gasteiger partial charge < -0.3 is 10.1 Å². The van der Waals surface area contributed by atoms with E-state index in [1.807, 2.05) is 0 Å². The van der Waals surface area contributed by atoms with Crippen LogP contribution in [-0.2, 0) is 4.74 Å². The summed E-state index contributed by atoms with van der Waals surface area (Å²) in [5, 5.41) is 6.23. The van der Waals surface area contributed by atoms with Gasteiger partial charge in [-0.2, -0.15) is 0 Å². The van der Waals surface area contributed by atoms with Gasteiger partial charge in [0.1, 0.15) is 0 Å². The van der Waals surface area contributed by atoms with E-state index in [0.29, 0.717) is 12.0 Å². The third-order valence-corrected chi connectivity index (χ3v) is 3.84. The third kappa shape index (κ3) is 2.21. The summed E-state index contributed by atoms with van der Waals surface area (Å²) in [6.07, 6.45) is 1.17. The fourth-order valence-electron chi connectivity index (χ4n) is 2.66. The Morgan fingerprint density at radius 3 is 2.83 bits per heavy atom. The van der Waals surface area contributed by atoms with Crippen LogP contribution in [0.15, 0.2) is 42.5 Å². The Kier molecular flexibility index (Phi) is 3.20. The van der Waals surface area contributed by atoms with Crippen molar-refractivity contribution < 1.29 is 4.74 Å². The first-order valence-electron chi connectivity index (χ1n) is 6.66. The molecule has 94 valence electrons. The standard InChI is InChI=1S/C16H19NO/c1-12(14-9-10-18-11-14)17-16-8-4-6-13-5-2-3-7-15(13)16/h2-8,12,14,17H,9-11H2,1H3. The van der Waals surface area contributed by atoms with E-state index in [1.165, 1.54) is 22.9 Å². The molecule has 18 heavy (non-hydrogen) atoms. The topological polar surface area (TPSA) is 21.3 Å². The molecule has 0 aromatic heterocycles. The summed E-state index contributed by atoms with van der Waals surface area (Å²) in [6.45, 7) is 4.05. The first kappa shape index (κ1) is 11.5. The lowest BCUT2D eigenvalue weighted by Gasteiger charge is -2.21. The minimum atomic E-state index is 0.457. The van der Waals surface area contributed by atoms with Crippen LogP contribution in [0, 0.1) is 5.92 Å². The number of hydrogen-bond donors (Lipinski definition) is 1. The summed E-state index contributed by atoms with van der Waals surface area (Å²) in [7, 11) is 0. The highest BCUT2D eigenvalue weighted by Crippen LogP contribution is 2.26. The van der Waals surface area contributed by atoms with E-state index in [2.05, 4.69) is 54.7 Å². The van der Waals surface area contributed by atoms with E-state index in [1.54, 1.807) is 0 Å². The van der Waals surface area contributed by atoms with Crippen molar-refractivity contribution in [1.82, 2.24) is 0 Å². The van der Waals surface area contributed by atoms with Gasteiger partial charge in [-0.05, 0) is 24.8 Å². The SMILES string of the molecule is CC(Nc1cccc2ccccc12)C1CCOC1. The van der Waals surface area contributed by atoms with E-state index in [4.69, 9.17) is 4.74 Å². The molecule has 0 spiro atoms. The van der Waals surface area contributed by atoms with Gasteiger partial charge in [0.05, 0.1) is 6.61 Å². The van der Waals surface area contributed by atoms with Gasteiger partial charge in [-0.1, -0.05) is 36.4 Å². The van der Waals surface area contributed by atoms with E-state index in [9.17, 15) is 0 Å². The normalized spacial score (nSPS) is 21.1. The molecule has 0 amide bonds. The fraction of sp³-hybridized carbons (Fsp3) is 0.375. The zero-order valence-corrected chi connectivity index (χ0v) is 10.7. The largest absolute Gasteiger partial charge is 0.382 e. The van der Waals surface area contributed by atoms with Crippen molar-refractivity contribution in [2.24, 2.45) is 5.92 Å². The molecule has 2 aromatic rings. The molecule has 0 aliphatic carbocycles. The molecule has 2 aromatic carbocycles. The monoisotopic (exact) mass is 241 g/mol. The summed E-state index contributed by atoms with van der Waals surface area (Å²) in [5.74, 6) is 0.629. The van der Waals surface area contributed by atoms with Crippen LogP contribution in [0.5, 0.6) is 0 Å². The predicted molar refractivity (Wildman–Crippen MR) is 76.0 cm³/mol. The Bertz CT molecular complexity index is 526. The van der Waals surface area contributed by atoms with Gasteiger partial charge in [-0.15, -0.1) is 0 Å². The van der Waals surface area contributed by atoms with Gasteiger partial charge in [0, 0.05) is 29.6 Å². The van der Waals surface area contributed by atoms with Crippen LogP contribution in [0.2, 0.25) is 0 Å². The second kappa shape index (κ2) is 4.99. The van der Waals surface area contributed by atoms with Crippen molar-refractivity contribution in [3.05, 3.63) is 42.5 Å². The molecule has 1 aliphatic heterocycles. The first-order chi connectivity index (χ1) is 8.84. The van der Waals surface area contributed by atoms with Gasteiger partial charge in [-0.25, -0.2) is 0 Å². The number of benzene rings is 2. The smallest absolute Gasteiger partial charge is 0.0514 e. The molecule has 1 N–H and O–H groups in total. The average Bonchev–Trinajstić information content (AvgIpc) is 2.93. The van der Waals surface area contributed by atoms with E-state index in [0.717, 1.165) is 13.2 Å². The van der Waals surface area contributed by atoms with Crippen LogP contribution in [0.4, 0.5) is 5.69 Å². The van der Waals surface area contributed by atoms with E-state index >= 15 is 0 Å². The molecular formula is C16H19NO. The summed E-state index contributed by atoms with van der Waals surface area (Å²) >= 11 is 0. The average molecular weight is 241 g/mol. The second-order valence-electron chi connectivity index (χ2n) is 5.08. The van der Waals surface area contributed by atoms with Crippen LogP contribution < -0.4 is 5.32 Å². The Hall–Kier alpha value is -1.54. The molecule has 2 unspecified atom stereocenters. The zero-order chi connectivity index (χ0) is 12.4. The van der Waals surface area contributed by atoms with Crippen molar-refractivity contribution in [1.29, 1.82) is 0 Å². The Morgan fingerprint density at radius 1 is 1.17 bits per heavy atom. The van der Waals surface area contributed by atoms with Gasteiger partial charge in [0.15, 0.2) is 0 Å². The Labute approximate surface area is 108 Å². The van der Waals surface area contributed by atoms with Gasteiger partial charge >= 0.3 is 0 Å². The molecule has 2 nitrogen and oxygen atoms in total. The number of fused-ring (bicyclic) bond motifs is 1. The summed E-state index contributed by atoms with van der Waals surface area (Å²) in [4.78, 5) is 0. The minimum absolute atomic E-state index is 0.457. The molecule has 1 fully saturated rings. The second-order valence-corrected chi connectivity index (χ2v) is 5.08. The molecule has 2 heteroatoms. The molecule has 1 heterocycles. The fourth-order valence-corrected chi connectivity index (χ4v) is 2.66. The maximum Gasteiger partial charge on any atom is 0.0514 e. The van der Waals surface area contributed by atoms with Gasteiger partial charge in [0.25, 0.3) is 0 Å². The third-order valence-electron chi connectivity index (χ3n) is 3.84. The lowest BCUT2D eigenvalue weighted by molar-refractivity contribution is 0.183. The van der Waals surface area contributed by atoms with Crippen LogP contribution >= 0.6 is 0 Å². The molecule has 2 atom stereocenters. The maximum atomic E-state index is 5.46. The number of rotatable bonds is 3. The highest BCUT2D eigenvalue weighted by molar-refractivity contribution is 5.93. The first-order valence-corrected chi connectivity index (χ1v) is 6.66. The summed E-state index contributed by atoms with van der Waals surface area (Å²) in [5.41, 5.74) is 1.23. The Morgan fingerprint density at radius 2 is 2.00 bits per heavy atom. The minimum Gasteiger partial charge on any atom is -0.382 e. The Balaban J connectivity index is 1.85. The predicted octanol–water partition coefficient (Wildman–Crippen LogP) is 3.68. The lowest BCUT2D eigenvalue weighted by Crippen LogP contribution is -2.26. The maximum absolute atomic E-state index is 5.46. The van der Waals surface area contributed by atoms with Crippen molar-refractivity contribution in [3.8, 4) is 0 Å². The zero-order valence-electron chi connectivity index (χ0n) is 10.7. The van der Waals surface area contributed by atoms with Crippen molar-refractivity contribution >= 4 is 16.5 Å². The van der Waals surface area contributed by atoms with Crippen LogP contribution in [0.1, 0.15) is 13.3 Å². The summed E-state index contributed by atoms with van der Waals surface area (Å²) in [6, 6.07) is 15.4.